The average Bonchev–Trinajstić information content (AvgIpc) is 2.79. The monoisotopic (exact) mass is 297 g/mol. The maximum atomic E-state index is 12.9. The number of hydrogen-bond donors (Lipinski definition) is 0. The fourth-order valence-corrected chi connectivity index (χ4v) is 2.30. The lowest BCUT2D eigenvalue weighted by molar-refractivity contribution is -0.161. The third-order valence-corrected chi connectivity index (χ3v) is 3.16. The molecule has 2 rings (SSSR count). The fraction of sp³-hybridized carbons (Fsp3) is 0.182. The van der Waals surface area contributed by atoms with Gasteiger partial charge in [-0.15, -0.1) is 11.3 Å². The first-order chi connectivity index (χ1) is 8.71. The SMILES string of the molecule is FC(F)(F)c1cccc(-c2cncs2)c1C(F)(F)F. The van der Waals surface area contributed by atoms with Crippen LogP contribution in [0.15, 0.2) is 29.9 Å². The molecule has 19 heavy (non-hydrogen) atoms. The summed E-state index contributed by atoms with van der Waals surface area (Å²) in [6, 6.07) is 2.38. The Kier molecular flexibility index (Phi) is 3.29. The van der Waals surface area contributed by atoms with Gasteiger partial charge in [-0.25, -0.2) is 0 Å². The van der Waals surface area contributed by atoms with Gasteiger partial charge in [0, 0.05) is 11.8 Å². The summed E-state index contributed by atoms with van der Waals surface area (Å²) in [4.78, 5) is 3.62. The van der Waals surface area contributed by atoms with Crippen LogP contribution in [-0.4, -0.2) is 4.98 Å². The molecule has 0 fully saturated rings. The van der Waals surface area contributed by atoms with Crippen LogP contribution in [0.3, 0.4) is 0 Å². The largest absolute Gasteiger partial charge is 0.417 e. The second-order valence-electron chi connectivity index (χ2n) is 3.59. The average molecular weight is 297 g/mol. The molecule has 0 radical (unpaired) electrons. The van der Waals surface area contributed by atoms with E-state index in [9.17, 15) is 26.3 Å². The van der Waals surface area contributed by atoms with E-state index >= 15 is 0 Å². The van der Waals surface area contributed by atoms with Crippen molar-refractivity contribution in [2.45, 2.75) is 12.4 Å². The van der Waals surface area contributed by atoms with Gasteiger partial charge >= 0.3 is 12.4 Å². The Hall–Kier alpha value is -1.57. The van der Waals surface area contributed by atoms with E-state index in [1.807, 2.05) is 0 Å². The summed E-state index contributed by atoms with van der Waals surface area (Å²) in [6.07, 6.45) is -9.05. The highest BCUT2D eigenvalue weighted by Crippen LogP contribution is 2.45. The van der Waals surface area contributed by atoms with Gasteiger partial charge in [0.05, 0.1) is 21.5 Å². The number of benzene rings is 1. The molecule has 102 valence electrons. The van der Waals surface area contributed by atoms with Crippen molar-refractivity contribution in [3.05, 3.63) is 41.0 Å². The molecule has 0 amide bonds. The molecule has 1 nitrogen and oxygen atoms in total. The molecule has 1 heterocycles. The minimum Gasteiger partial charge on any atom is -0.252 e. The van der Waals surface area contributed by atoms with Crippen LogP contribution in [0.25, 0.3) is 10.4 Å². The zero-order valence-electron chi connectivity index (χ0n) is 9.01. The molecule has 0 aliphatic rings. The van der Waals surface area contributed by atoms with Crippen molar-refractivity contribution in [3.63, 3.8) is 0 Å². The maximum absolute atomic E-state index is 12.9. The standard InChI is InChI=1S/C11H5F6NS/c12-10(13,14)7-3-1-2-6(8-4-18-5-19-8)9(7)11(15,16)17/h1-5H. The van der Waals surface area contributed by atoms with Gasteiger partial charge in [0.25, 0.3) is 0 Å². The third kappa shape index (κ3) is 2.73. The molecule has 0 bridgehead atoms. The number of alkyl halides is 6. The number of rotatable bonds is 1. The van der Waals surface area contributed by atoms with Crippen LogP contribution >= 0.6 is 11.3 Å². The van der Waals surface area contributed by atoms with Gasteiger partial charge in [0.1, 0.15) is 0 Å². The number of hydrogen-bond acceptors (Lipinski definition) is 2. The molecule has 0 N–H and O–H groups in total. The molecular weight excluding hydrogens is 292 g/mol. The minimum absolute atomic E-state index is 0.0402. The number of thiazole rings is 1. The molecule has 0 spiro atoms. The van der Waals surface area contributed by atoms with Gasteiger partial charge in [-0.05, 0) is 6.07 Å². The van der Waals surface area contributed by atoms with Crippen LogP contribution < -0.4 is 0 Å². The van der Waals surface area contributed by atoms with Crippen LogP contribution in [0.2, 0.25) is 0 Å². The minimum atomic E-state index is -5.09. The summed E-state index contributed by atoms with van der Waals surface area (Å²) in [5.41, 5.74) is -2.61. The quantitative estimate of drug-likeness (QED) is 0.686. The molecule has 0 atom stereocenters. The summed E-state index contributed by atoms with van der Waals surface area (Å²) in [5.74, 6) is 0. The first-order valence-electron chi connectivity index (χ1n) is 4.87. The summed E-state index contributed by atoms with van der Waals surface area (Å²) < 4.78 is 76.8. The van der Waals surface area contributed by atoms with Crippen molar-refractivity contribution in [1.29, 1.82) is 0 Å². The Bertz CT molecular complexity index is 570. The van der Waals surface area contributed by atoms with E-state index in [1.54, 1.807) is 0 Å². The third-order valence-electron chi connectivity index (χ3n) is 2.35. The molecule has 2 aromatic rings. The molecule has 0 aliphatic heterocycles. The Morgan fingerprint density at radius 2 is 1.63 bits per heavy atom. The highest BCUT2D eigenvalue weighted by molar-refractivity contribution is 7.13. The number of nitrogens with zero attached hydrogens (tertiary/aromatic N) is 1. The second-order valence-corrected chi connectivity index (χ2v) is 4.48. The van der Waals surface area contributed by atoms with Crippen molar-refractivity contribution in [3.8, 4) is 10.4 Å². The van der Waals surface area contributed by atoms with E-state index in [1.165, 1.54) is 5.51 Å². The predicted octanol–water partition coefficient (Wildman–Crippen LogP) is 4.85. The molecule has 0 saturated heterocycles. The zero-order chi connectivity index (χ0) is 14.3. The van der Waals surface area contributed by atoms with E-state index < -0.39 is 29.0 Å². The molecule has 1 aromatic heterocycles. The van der Waals surface area contributed by atoms with Crippen molar-refractivity contribution in [2.24, 2.45) is 0 Å². The van der Waals surface area contributed by atoms with Crippen molar-refractivity contribution >= 4 is 11.3 Å². The summed E-state index contributed by atoms with van der Waals surface area (Å²) in [7, 11) is 0. The van der Waals surface area contributed by atoms with Gasteiger partial charge in [0.2, 0.25) is 0 Å². The lowest BCUT2D eigenvalue weighted by atomic mass is 9.99. The van der Waals surface area contributed by atoms with Crippen molar-refractivity contribution < 1.29 is 26.3 Å². The van der Waals surface area contributed by atoms with E-state index in [0.29, 0.717) is 6.07 Å². The smallest absolute Gasteiger partial charge is 0.252 e. The van der Waals surface area contributed by atoms with Crippen molar-refractivity contribution in [1.82, 2.24) is 4.98 Å². The molecule has 0 unspecified atom stereocenters. The number of halogens is 6. The van der Waals surface area contributed by atoms with Crippen LogP contribution in [0.5, 0.6) is 0 Å². The summed E-state index contributed by atoms with van der Waals surface area (Å²) in [6.45, 7) is 0. The Labute approximate surface area is 107 Å². The van der Waals surface area contributed by atoms with Crippen LogP contribution in [-0.2, 0) is 12.4 Å². The van der Waals surface area contributed by atoms with Gasteiger partial charge in [-0.3, -0.25) is 4.98 Å². The van der Waals surface area contributed by atoms with E-state index in [4.69, 9.17) is 0 Å². The molecule has 0 aliphatic carbocycles. The molecular formula is C11H5F6NS. The van der Waals surface area contributed by atoms with Gasteiger partial charge in [-0.1, -0.05) is 12.1 Å². The topological polar surface area (TPSA) is 12.9 Å². The maximum Gasteiger partial charge on any atom is 0.417 e. The normalized spacial score (nSPS) is 12.7. The first kappa shape index (κ1) is 13.9. The van der Waals surface area contributed by atoms with E-state index in [-0.39, 0.29) is 4.88 Å². The highest BCUT2D eigenvalue weighted by atomic mass is 32.1. The molecule has 0 saturated carbocycles. The number of aromatic nitrogens is 1. The van der Waals surface area contributed by atoms with Crippen LogP contribution in [0.1, 0.15) is 11.1 Å². The van der Waals surface area contributed by atoms with Gasteiger partial charge in [-0.2, -0.15) is 26.3 Å². The first-order valence-corrected chi connectivity index (χ1v) is 5.75. The summed E-state index contributed by atoms with van der Waals surface area (Å²) in [5, 5.41) is 0. The molecule has 1 aromatic carbocycles. The zero-order valence-corrected chi connectivity index (χ0v) is 9.83. The van der Waals surface area contributed by atoms with Crippen LogP contribution in [0.4, 0.5) is 26.3 Å². The Morgan fingerprint density at radius 3 is 2.11 bits per heavy atom. The Balaban J connectivity index is 2.76. The second kappa shape index (κ2) is 4.52. The highest BCUT2D eigenvalue weighted by Gasteiger charge is 2.44. The lowest BCUT2D eigenvalue weighted by Crippen LogP contribution is -2.17. The summed E-state index contributed by atoms with van der Waals surface area (Å²) >= 11 is 0.847. The van der Waals surface area contributed by atoms with Gasteiger partial charge < -0.3 is 0 Å². The Morgan fingerprint density at radius 1 is 0.947 bits per heavy atom. The predicted molar refractivity (Wildman–Crippen MR) is 57.6 cm³/mol. The van der Waals surface area contributed by atoms with Crippen molar-refractivity contribution in [2.75, 3.05) is 0 Å². The van der Waals surface area contributed by atoms with E-state index in [0.717, 1.165) is 29.7 Å². The van der Waals surface area contributed by atoms with Gasteiger partial charge in [0.15, 0.2) is 0 Å². The molecule has 8 heteroatoms. The van der Waals surface area contributed by atoms with E-state index in [2.05, 4.69) is 4.98 Å². The van der Waals surface area contributed by atoms with Crippen LogP contribution in [0, 0.1) is 0 Å². The lowest BCUT2D eigenvalue weighted by Gasteiger charge is -2.18. The fourth-order valence-electron chi connectivity index (χ4n) is 1.65.